The molecule has 8 nitrogen and oxygen atoms in total. The Bertz CT molecular complexity index is 729. The van der Waals surface area contributed by atoms with E-state index >= 15 is 0 Å². The maximum absolute atomic E-state index is 12.3. The van der Waals surface area contributed by atoms with Crippen molar-refractivity contribution < 1.29 is 28.6 Å². The van der Waals surface area contributed by atoms with Crippen LogP contribution in [-0.2, 0) is 9.53 Å². The molecule has 1 aliphatic rings. The highest BCUT2D eigenvalue weighted by Crippen LogP contribution is 2.38. The largest absolute Gasteiger partial charge is 0.486 e. The van der Waals surface area contributed by atoms with Crippen molar-refractivity contribution >= 4 is 29.5 Å². The van der Waals surface area contributed by atoms with Gasteiger partial charge in [-0.15, -0.1) is 0 Å². The van der Waals surface area contributed by atoms with Gasteiger partial charge in [-0.1, -0.05) is 11.6 Å². The third kappa shape index (κ3) is 5.26. The normalized spacial score (nSPS) is 14.2. The summed E-state index contributed by atoms with van der Waals surface area (Å²) in [5.41, 5.74) is -0.398. The molecule has 1 aliphatic heterocycles. The molecule has 0 radical (unpaired) electrons. The van der Waals surface area contributed by atoms with Gasteiger partial charge in [-0.05, 0) is 39.8 Å². The Morgan fingerprint density at radius 3 is 2.50 bits per heavy atom. The maximum Gasteiger partial charge on any atom is 0.339 e. The van der Waals surface area contributed by atoms with Crippen LogP contribution in [0.15, 0.2) is 12.1 Å². The van der Waals surface area contributed by atoms with Gasteiger partial charge in [0.2, 0.25) is 0 Å². The van der Waals surface area contributed by atoms with Gasteiger partial charge in [0, 0.05) is 5.54 Å². The molecule has 0 aromatic heterocycles. The predicted octanol–water partition coefficient (Wildman–Crippen LogP) is 2.28. The van der Waals surface area contributed by atoms with Crippen LogP contribution < -0.4 is 20.1 Å². The number of hydrogen-bond donors (Lipinski definition) is 2. The summed E-state index contributed by atoms with van der Waals surface area (Å²) >= 11 is 6.08. The lowest BCUT2D eigenvalue weighted by molar-refractivity contribution is -0.127. The lowest BCUT2D eigenvalue weighted by atomic mass is 10.1. The zero-order valence-corrected chi connectivity index (χ0v) is 15.7. The molecule has 3 amide bonds. The lowest BCUT2D eigenvalue weighted by Gasteiger charge is -2.21. The minimum absolute atomic E-state index is 0.109. The number of benzene rings is 1. The summed E-state index contributed by atoms with van der Waals surface area (Å²) in [4.78, 5) is 35.9. The fraction of sp³-hybridized carbons (Fsp3) is 0.471. The third-order valence-corrected chi connectivity index (χ3v) is 3.49. The first-order chi connectivity index (χ1) is 12.1. The molecule has 1 heterocycles. The molecule has 1 aromatic rings. The monoisotopic (exact) mass is 384 g/mol. The number of halogens is 1. The van der Waals surface area contributed by atoms with Crippen molar-refractivity contribution in [1.82, 2.24) is 10.6 Å². The second-order valence-corrected chi connectivity index (χ2v) is 7.13. The summed E-state index contributed by atoms with van der Waals surface area (Å²) in [6, 6.07) is 2.13. The van der Waals surface area contributed by atoms with Crippen LogP contribution in [-0.4, -0.2) is 42.8 Å². The van der Waals surface area contributed by atoms with Crippen molar-refractivity contribution in [2.45, 2.75) is 39.3 Å². The number of imide groups is 1. The molecule has 0 fully saturated rings. The van der Waals surface area contributed by atoms with E-state index in [-0.39, 0.29) is 10.6 Å². The van der Waals surface area contributed by atoms with Gasteiger partial charge >= 0.3 is 12.0 Å². The highest BCUT2D eigenvalue weighted by Gasteiger charge is 2.25. The van der Waals surface area contributed by atoms with Gasteiger partial charge in [-0.2, -0.15) is 0 Å². The van der Waals surface area contributed by atoms with Crippen molar-refractivity contribution in [3.05, 3.63) is 22.7 Å². The smallest absolute Gasteiger partial charge is 0.339 e. The topological polar surface area (TPSA) is 103 Å². The number of urea groups is 1. The van der Waals surface area contributed by atoms with E-state index in [0.29, 0.717) is 24.7 Å². The first kappa shape index (κ1) is 19.8. The molecule has 0 saturated heterocycles. The highest BCUT2D eigenvalue weighted by molar-refractivity contribution is 6.32. The summed E-state index contributed by atoms with van der Waals surface area (Å²) in [5, 5.41) is 4.89. The Kier molecular flexibility index (Phi) is 5.97. The zero-order chi connectivity index (χ0) is 19.5. The van der Waals surface area contributed by atoms with Crippen LogP contribution in [0.4, 0.5) is 4.79 Å². The van der Waals surface area contributed by atoms with Crippen molar-refractivity contribution in [2.75, 3.05) is 13.2 Å². The summed E-state index contributed by atoms with van der Waals surface area (Å²) < 4.78 is 15.9. The average Bonchev–Trinajstić information content (AvgIpc) is 2.52. The molecule has 26 heavy (non-hydrogen) atoms. The molecular weight excluding hydrogens is 364 g/mol. The number of nitrogens with one attached hydrogen (secondary N) is 2. The fourth-order valence-corrected chi connectivity index (χ4v) is 2.36. The summed E-state index contributed by atoms with van der Waals surface area (Å²) in [6.07, 6.45) is -1.18. The minimum Gasteiger partial charge on any atom is -0.486 e. The lowest BCUT2D eigenvalue weighted by Crippen LogP contribution is -2.50. The maximum atomic E-state index is 12.3. The molecule has 142 valence electrons. The molecule has 2 rings (SSSR count). The molecule has 1 unspecified atom stereocenters. The molecule has 0 bridgehead atoms. The molecular formula is C17H21ClN2O6. The number of rotatable bonds is 3. The van der Waals surface area contributed by atoms with E-state index in [9.17, 15) is 14.4 Å². The second kappa shape index (κ2) is 7.82. The number of esters is 1. The molecule has 2 N–H and O–H groups in total. The Morgan fingerprint density at radius 1 is 1.19 bits per heavy atom. The van der Waals surface area contributed by atoms with Crippen LogP contribution in [0.5, 0.6) is 11.5 Å². The Balaban J connectivity index is 1.99. The van der Waals surface area contributed by atoms with E-state index in [2.05, 4.69) is 10.6 Å². The van der Waals surface area contributed by atoms with Gasteiger partial charge in [0.25, 0.3) is 5.91 Å². The number of carbonyl (C=O) groups excluding carboxylic acids is 3. The number of carbonyl (C=O) groups is 3. The van der Waals surface area contributed by atoms with Crippen molar-refractivity contribution in [3.8, 4) is 11.5 Å². The van der Waals surface area contributed by atoms with Crippen LogP contribution in [0.2, 0.25) is 5.02 Å². The molecule has 1 aromatic carbocycles. The van der Waals surface area contributed by atoms with Crippen molar-refractivity contribution in [3.63, 3.8) is 0 Å². The standard InChI is InChI=1S/C17H21ClN2O6/c1-9(14(21)19-16(23)20-17(2,3)4)26-15(22)10-7-11(18)13-12(8-10)24-5-6-25-13/h7-9H,5-6H2,1-4H3,(H2,19,20,21,23). The highest BCUT2D eigenvalue weighted by atomic mass is 35.5. The average molecular weight is 385 g/mol. The van der Waals surface area contributed by atoms with Crippen LogP contribution in [0.25, 0.3) is 0 Å². The van der Waals surface area contributed by atoms with E-state index < -0.39 is 29.6 Å². The van der Waals surface area contributed by atoms with Crippen molar-refractivity contribution in [1.29, 1.82) is 0 Å². The summed E-state index contributed by atoms with van der Waals surface area (Å²) in [5.74, 6) is -0.831. The van der Waals surface area contributed by atoms with Crippen LogP contribution in [0.1, 0.15) is 38.1 Å². The van der Waals surface area contributed by atoms with E-state index in [1.54, 1.807) is 20.8 Å². The van der Waals surface area contributed by atoms with Gasteiger partial charge in [0.1, 0.15) is 13.2 Å². The number of amides is 3. The Morgan fingerprint density at radius 2 is 1.85 bits per heavy atom. The second-order valence-electron chi connectivity index (χ2n) is 6.72. The van der Waals surface area contributed by atoms with Gasteiger partial charge in [-0.25, -0.2) is 9.59 Å². The summed E-state index contributed by atoms with van der Waals surface area (Å²) in [7, 11) is 0. The van der Waals surface area contributed by atoms with Crippen LogP contribution in [0, 0.1) is 0 Å². The molecule has 0 aliphatic carbocycles. The Labute approximate surface area is 156 Å². The summed E-state index contributed by atoms with van der Waals surface area (Å²) in [6.45, 7) is 7.37. The molecule has 0 saturated carbocycles. The Hall–Kier alpha value is -2.48. The van der Waals surface area contributed by atoms with Gasteiger partial charge in [0.15, 0.2) is 17.6 Å². The van der Waals surface area contributed by atoms with Gasteiger partial charge in [0.05, 0.1) is 10.6 Å². The number of ether oxygens (including phenoxy) is 3. The fourth-order valence-electron chi connectivity index (χ4n) is 2.10. The first-order valence-corrected chi connectivity index (χ1v) is 8.38. The molecule has 9 heteroatoms. The number of hydrogen-bond acceptors (Lipinski definition) is 6. The molecule has 0 spiro atoms. The van der Waals surface area contributed by atoms with Crippen LogP contribution >= 0.6 is 11.6 Å². The SMILES string of the molecule is CC(OC(=O)c1cc(Cl)c2c(c1)OCCO2)C(=O)NC(=O)NC(C)(C)C. The zero-order valence-electron chi connectivity index (χ0n) is 15.0. The van der Waals surface area contributed by atoms with Gasteiger partial charge < -0.3 is 19.5 Å². The quantitative estimate of drug-likeness (QED) is 0.775. The van der Waals surface area contributed by atoms with E-state index in [4.69, 9.17) is 25.8 Å². The van der Waals surface area contributed by atoms with Crippen LogP contribution in [0.3, 0.4) is 0 Å². The number of fused-ring (bicyclic) bond motifs is 1. The van der Waals surface area contributed by atoms with Crippen molar-refractivity contribution in [2.24, 2.45) is 0 Å². The van der Waals surface area contributed by atoms with E-state index in [0.717, 1.165) is 0 Å². The third-order valence-electron chi connectivity index (χ3n) is 3.21. The van der Waals surface area contributed by atoms with E-state index in [1.165, 1.54) is 19.1 Å². The molecule has 1 atom stereocenters. The minimum atomic E-state index is -1.18. The van der Waals surface area contributed by atoms with Gasteiger partial charge in [-0.3, -0.25) is 10.1 Å². The van der Waals surface area contributed by atoms with E-state index in [1.807, 2.05) is 0 Å². The predicted molar refractivity (Wildman–Crippen MR) is 93.7 cm³/mol. The first-order valence-electron chi connectivity index (χ1n) is 8.00.